The summed E-state index contributed by atoms with van der Waals surface area (Å²) in [7, 11) is 0. The minimum absolute atomic E-state index is 0.430. The van der Waals surface area contributed by atoms with Crippen LogP contribution in [0.3, 0.4) is 0 Å². The van der Waals surface area contributed by atoms with Gasteiger partial charge in [-0.15, -0.1) is 0 Å². The number of benzene rings is 2. The third-order valence-corrected chi connectivity index (χ3v) is 2.80. The largest absolute Gasteiger partial charge is 0.349 e. The Morgan fingerprint density at radius 3 is 2.26 bits per heavy atom. The van der Waals surface area contributed by atoms with Crippen LogP contribution in [0.2, 0.25) is 0 Å². The van der Waals surface area contributed by atoms with E-state index in [9.17, 15) is 9.59 Å². The Balaban J connectivity index is 2.42. The minimum Gasteiger partial charge on any atom is -0.349 e. The molecule has 0 saturated heterocycles. The maximum Gasteiger partial charge on any atom is 0.292 e. The van der Waals surface area contributed by atoms with E-state index in [-0.39, 0.29) is 0 Å². The van der Waals surface area contributed by atoms with Crippen LogP contribution in [0.1, 0.15) is 17.3 Å². The zero-order chi connectivity index (χ0) is 13.7. The molecule has 1 N–H and O–H groups in total. The number of carbonyl (C=O) groups excluding carboxylic acids is 2. The van der Waals surface area contributed by atoms with Crippen LogP contribution in [0.25, 0.3) is 11.1 Å². The Kier molecular flexibility index (Phi) is 4.08. The van der Waals surface area contributed by atoms with Crippen molar-refractivity contribution in [3.63, 3.8) is 0 Å². The van der Waals surface area contributed by atoms with E-state index in [0.29, 0.717) is 12.1 Å². The van der Waals surface area contributed by atoms with Crippen LogP contribution in [0.4, 0.5) is 0 Å². The summed E-state index contributed by atoms with van der Waals surface area (Å²) in [4.78, 5) is 23.8. The van der Waals surface area contributed by atoms with Crippen LogP contribution >= 0.6 is 0 Å². The molecule has 2 aromatic carbocycles. The first kappa shape index (κ1) is 13.0. The summed E-state index contributed by atoms with van der Waals surface area (Å²) in [5, 5.41) is 2.53. The van der Waals surface area contributed by atoms with Crippen molar-refractivity contribution in [3.05, 3.63) is 60.2 Å². The molecule has 0 aliphatic rings. The van der Waals surface area contributed by atoms with Gasteiger partial charge in [0.2, 0.25) is 0 Å². The van der Waals surface area contributed by atoms with Crippen molar-refractivity contribution in [3.8, 4) is 11.1 Å². The Labute approximate surface area is 112 Å². The lowest BCUT2D eigenvalue weighted by atomic mass is 9.97. The summed E-state index contributed by atoms with van der Waals surface area (Å²) < 4.78 is 0. The fourth-order valence-corrected chi connectivity index (χ4v) is 1.91. The molecule has 0 radical (unpaired) electrons. The quantitative estimate of drug-likeness (QED) is 0.672. The average Bonchev–Trinajstić information content (AvgIpc) is 2.47. The van der Waals surface area contributed by atoms with E-state index in [0.717, 1.165) is 11.1 Å². The molecule has 3 heteroatoms. The zero-order valence-corrected chi connectivity index (χ0v) is 10.7. The normalized spacial score (nSPS) is 9.95. The predicted octanol–water partition coefficient (Wildman–Crippen LogP) is 2.67. The maximum absolute atomic E-state index is 12.1. The number of amides is 1. The molecule has 19 heavy (non-hydrogen) atoms. The summed E-state index contributed by atoms with van der Waals surface area (Å²) in [5.74, 6) is -1.06. The van der Waals surface area contributed by atoms with Gasteiger partial charge in [-0.05, 0) is 18.1 Å². The molecule has 0 aliphatic carbocycles. The lowest BCUT2D eigenvalue weighted by molar-refractivity contribution is -0.116. The molecular formula is C16H15NO2. The van der Waals surface area contributed by atoms with Crippen LogP contribution < -0.4 is 5.32 Å². The van der Waals surface area contributed by atoms with Gasteiger partial charge in [-0.1, -0.05) is 54.6 Å². The standard InChI is InChI=1S/C16H15NO2/c1-2-17-16(19)15(18)14-11-7-6-10-13(14)12-8-4-3-5-9-12/h3-11H,2H2,1H3,(H,17,19). The number of likely N-dealkylation sites (N-methyl/N-ethyl adjacent to an activating group) is 1. The van der Waals surface area contributed by atoms with Gasteiger partial charge in [0.05, 0.1) is 0 Å². The smallest absolute Gasteiger partial charge is 0.292 e. The number of carbonyl (C=O) groups is 2. The summed E-state index contributed by atoms with van der Waals surface area (Å²) in [6, 6.07) is 16.7. The average molecular weight is 253 g/mol. The van der Waals surface area contributed by atoms with E-state index >= 15 is 0 Å². The van der Waals surface area contributed by atoms with Gasteiger partial charge in [-0.3, -0.25) is 9.59 Å². The highest BCUT2D eigenvalue weighted by Crippen LogP contribution is 2.23. The molecule has 0 atom stereocenters. The molecule has 3 nitrogen and oxygen atoms in total. The van der Waals surface area contributed by atoms with Gasteiger partial charge in [0.1, 0.15) is 0 Å². The van der Waals surface area contributed by atoms with Crippen molar-refractivity contribution >= 4 is 11.7 Å². The van der Waals surface area contributed by atoms with E-state index in [1.165, 1.54) is 0 Å². The van der Waals surface area contributed by atoms with E-state index in [4.69, 9.17) is 0 Å². The molecule has 0 unspecified atom stereocenters. The van der Waals surface area contributed by atoms with E-state index in [1.807, 2.05) is 42.5 Å². The van der Waals surface area contributed by atoms with E-state index in [1.54, 1.807) is 19.1 Å². The van der Waals surface area contributed by atoms with Crippen molar-refractivity contribution in [2.24, 2.45) is 0 Å². The second-order valence-corrected chi connectivity index (χ2v) is 4.10. The molecule has 0 fully saturated rings. The Morgan fingerprint density at radius 1 is 0.947 bits per heavy atom. The minimum atomic E-state index is -0.564. The molecular weight excluding hydrogens is 238 g/mol. The number of rotatable bonds is 4. The van der Waals surface area contributed by atoms with Crippen molar-refractivity contribution in [2.45, 2.75) is 6.92 Å². The second-order valence-electron chi connectivity index (χ2n) is 4.10. The maximum atomic E-state index is 12.1. The zero-order valence-electron chi connectivity index (χ0n) is 10.7. The van der Waals surface area contributed by atoms with Crippen LogP contribution in [-0.2, 0) is 4.79 Å². The molecule has 2 aromatic rings. The third kappa shape index (κ3) is 2.88. The van der Waals surface area contributed by atoms with Gasteiger partial charge >= 0.3 is 0 Å². The monoisotopic (exact) mass is 253 g/mol. The number of hydrogen-bond acceptors (Lipinski definition) is 2. The SMILES string of the molecule is CCNC(=O)C(=O)c1ccccc1-c1ccccc1. The molecule has 2 rings (SSSR count). The fourth-order valence-electron chi connectivity index (χ4n) is 1.91. The number of nitrogens with one attached hydrogen (secondary N) is 1. The molecule has 0 bridgehead atoms. The number of Topliss-reactive ketones (excluding diaryl/α,β-unsaturated/α-hetero) is 1. The molecule has 96 valence electrons. The summed E-state index contributed by atoms with van der Waals surface area (Å²) in [6.07, 6.45) is 0. The van der Waals surface area contributed by atoms with Crippen LogP contribution in [-0.4, -0.2) is 18.2 Å². The van der Waals surface area contributed by atoms with Gasteiger partial charge in [-0.25, -0.2) is 0 Å². The molecule has 0 saturated carbocycles. The van der Waals surface area contributed by atoms with Crippen molar-refractivity contribution < 1.29 is 9.59 Å². The molecule has 1 amide bonds. The highest BCUT2D eigenvalue weighted by molar-refractivity contribution is 6.44. The molecule has 0 spiro atoms. The first-order valence-electron chi connectivity index (χ1n) is 6.21. The Bertz CT molecular complexity index is 591. The lowest BCUT2D eigenvalue weighted by Crippen LogP contribution is -2.31. The van der Waals surface area contributed by atoms with E-state index < -0.39 is 11.7 Å². The van der Waals surface area contributed by atoms with Crippen molar-refractivity contribution in [1.82, 2.24) is 5.32 Å². The molecule has 0 aromatic heterocycles. The summed E-state index contributed by atoms with van der Waals surface area (Å²) in [5.41, 5.74) is 2.13. The fraction of sp³-hybridized carbons (Fsp3) is 0.125. The van der Waals surface area contributed by atoms with Crippen molar-refractivity contribution in [2.75, 3.05) is 6.54 Å². The topological polar surface area (TPSA) is 46.2 Å². The molecule has 0 aliphatic heterocycles. The van der Waals surface area contributed by atoms with Gasteiger partial charge in [0.25, 0.3) is 11.7 Å². The van der Waals surface area contributed by atoms with Crippen LogP contribution in [0.5, 0.6) is 0 Å². The first-order valence-corrected chi connectivity index (χ1v) is 6.21. The van der Waals surface area contributed by atoms with Gasteiger partial charge < -0.3 is 5.32 Å². The Hall–Kier alpha value is -2.42. The summed E-state index contributed by atoms with van der Waals surface area (Å²) >= 11 is 0. The summed E-state index contributed by atoms with van der Waals surface area (Å²) in [6.45, 7) is 2.23. The molecule has 0 heterocycles. The van der Waals surface area contributed by atoms with Crippen LogP contribution in [0.15, 0.2) is 54.6 Å². The highest BCUT2D eigenvalue weighted by atomic mass is 16.2. The van der Waals surface area contributed by atoms with Gasteiger partial charge in [0.15, 0.2) is 0 Å². The van der Waals surface area contributed by atoms with Crippen LogP contribution in [0, 0.1) is 0 Å². The van der Waals surface area contributed by atoms with Gasteiger partial charge in [0, 0.05) is 12.1 Å². The number of hydrogen-bond donors (Lipinski definition) is 1. The Morgan fingerprint density at radius 2 is 1.58 bits per heavy atom. The first-order chi connectivity index (χ1) is 9.24. The highest BCUT2D eigenvalue weighted by Gasteiger charge is 2.18. The van der Waals surface area contributed by atoms with Gasteiger partial charge in [-0.2, -0.15) is 0 Å². The third-order valence-electron chi connectivity index (χ3n) is 2.80. The van der Waals surface area contributed by atoms with Crippen molar-refractivity contribution in [1.29, 1.82) is 0 Å². The lowest BCUT2D eigenvalue weighted by Gasteiger charge is -2.08. The number of ketones is 1. The van der Waals surface area contributed by atoms with E-state index in [2.05, 4.69) is 5.32 Å². The second kappa shape index (κ2) is 5.96. The predicted molar refractivity (Wildman–Crippen MR) is 74.9 cm³/mol.